The zero-order valence-corrected chi connectivity index (χ0v) is 14.8. The number of rotatable bonds is 5. The van der Waals surface area contributed by atoms with Crippen LogP contribution in [-0.2, 0) is 4.79 Å². The minimum atomic E-state index is -0.609. The molecular formula is C20H15ClN4O2. The predicted octanol–water partition coefficient (Wildman–Crippen LogP) is 5.38. The molecule has 27 heavy (non-hydrogen) atoms. The Morgan fingerprint density at radius 2 is 1.74 bits per heavy atom. The Bertz CT molecular complexity index is 972. The molecule has 0 aliphatic rings. The summed E-state index contributed by atoms with van der Waals surface area (Å²) in [7, 11) is 0. The number of benzene rings is 2. The van der Waals surface area contributed by atoms with Gasteiger partial charge >= 0.3 is 0 Å². The summed E-state index contributed by atoms with van der Waals surface area (Å²) in [4.78, 5) is 16.6. The maximum atomic E-state index is 12.7. The number of hydrogen-bond donors (Lipinski definition) is 2. The van der Waals surface area contributed by atoms with E-state index in [0.29, 0.717) is 22.0 Å². The van der Waals surface area contributed by atoms with E-state index in [1.807, 2.05) is 0 Å². The summed E-state index contributed by atoms with van der Waals surface area (Å²) in [6.45, 7) is 0. The molecular weight excluding hydrogens is 364 g/mol. The number of aliphatic hydroxyl groups is 1. The molecule has 1 aromatic heterocycles. The van der Waals surface area contributed by atoms with Crippen LogP contribution in [0.5, 0.6) is 0 Å². The Labute approximate surface area is 160 Å². The highest BCUT2D eigenvalue weighted by Gasteiger charge is 2.17. The van der Waals surface area contributed by atoms with Crippen LogP contribution in [0.4, 0.5) is 11.4 Å². The minimum Gasteiger partial charge on any atom is -0.505 e. The van der Waals surface area contributed by atoms with Crippen molar-refractivity contribution in [1.29, 1.82) is 0 Å². The van der Waals surface area contributed by atoms with Crippen LogP contribution in [0.2, 0.25) is 5.02 Å². The molecule has 6 nitrogen and oxygen atoms in total. The smallest absolute Gasteiger partial charge is 0.280 e. The number of aliphatic hydroxyl groups excluding tert-OH is 1. The third-order valence-electron chi connectivity index (χ3n) is 3.50. The molecule has 0 atom stereocenters. The van der Waals surface area contributed by atoms with E-state index in [1.165, 1.54) is 6.20 Å². The first-order valence-electron chi connectivity index (χ1n) is 8.01. The molecule has 0 spiro atoms. The molecule has 0 fully saturated rings. The number of pyridine rings is 1. The monoisotopic (exact) mass is 378 g/mol. The van der Waals surface area contributed by atoms with Gasteiger partial charge in [-0.3, -0.25) is 9.78 Å². The fourth-order valence-electron chi connectivity index (χ4n) is 2.18. The molecule has 0 saturated carbocycles. The van der Waals surface area contributed by atoms with Gasteiger partial charge in [0, 0.05) is 16.8 Å². The summed E-state index contributed by atoms with van der Waals surface area (Å²) < 4.78 is 0. The van der Waals surface area contributed by atoms with Crippen LogP contribution in [0.1, 0.15) is 5.56 Å². The fraction of sp³-hybridized carbons (Fsp3) is 0. The van der Waals surface area contributed by atoms with Gasteiger partial charge in [-0.15, -0.1) is 5.11 Å². The topological polar surface area (TPSA) is 86.9 Å². The normalized spacial score (nSPS) is 11.9. The summed E-state index contributed by atoms with van der Waals surface area (Å²) >= 11 is 5.85. The highest BCUT2D eigenvalue weighted by atomic mass is 35.5. The van der Waals surface area contributed by atoms with Gasteiger partial charge < -0.3 is 10.4 Å². The molecule has 0 radical (unpaired) electrons. The fourth-order valence-corrected chi connectivity index (χ4v) is 2.30. The van der Waals surface area contributed by atoms with E-state index in [9.17, 15) is 9.90 Å². The van der Waals surface area contributed by atoms with Gasteiger partial charge in [0.25, 0.3) is 5.91 Å². The first-order valence-corrected chi connectivity index (χ1v) is 8.38. The Hall–Kier alpha value is -3.51. The number of azo groups is 1. The van der Waals surface area contributed by atoms with Crippen LogP contribution in [0.3, 0.4) is 0 Å². The lowest BCUT2D eigenvalue weighted by Crippen LogP contribution is -2.15. The third-order valence-corrected chi connectivity index (χ3v) is 3.75. The Morgan fingerprint density at radius 3 is 2.41 bits per heavy atom. The standard InChI is InChI=1S/C20H15ClN4O2/c21-15-8-10-16(11-9-15)24-25-18(19(26)14-5-2-1-3-6-14)20(27)23-17-7-4-12-22-13-17/h1-13,26H,(H,23,27)/b19-18-,25-24?. The highest BCUT2D eigenvalue weighted by molar-refractivity contribution is 6.30. The first kappa shape index (κ1) is 18.3. The van der Waals surface area contributed by atoms with E-state index in [4.69, 9.17) is 11.6 Å². The van der Waals surface area contributed by atoms with Crippen molar-refractivity contribution in [3.05, 3.63) is 95.4 Å². The van der Waals surface area contributed by atoms with Crippen LogP contribution in [0, 0.1) is 0 Å². The molecule has 1 amide bonds. The van der Waals surface area contributed by atoms with Gasteiger partial charge in [-0.25, -0.2) is 0 Å². The van der Waals surface area contributed by atoms with Crippen molar-refractivity contribution in [1.82, 2.24) is 4.98 Å². The van der Waals surface area contributed by atoms with Crippen molar-refractivity contribution >= 4 is 34.6 Å². The molecule has 3 aromatic rings. The second-order valence-electron chi connectivity index (χ2n) is 5.44. The highest BCUT2D eigenvalue weighted by Crippen LogP contribution is 2.22. The number of hydrogen-bond acceptors (Lipinski definition) is 5. The number of nitrogens with zero attached hydrogens (tertiary/aromatic N) is 3. The van der Waals surface area contributed by atoms with Crippen molar-refractivity contribution in [3.8, 4) is 0 Å². The Balaban J connectivity index is 1.95. The number of aromatic nitrogens is 1. The van der Waals surface area contributed by atoms with Gasteiger partial charge in [-0.05, 0) is 36.4 Å². The lowest BCUT2D eigenvalue weighted by Gasteiger charge is -2.07. The largest absolute Gasteiger partial charge is 0.505 e. The molecule has 7 heteroatoms. The van der Waals surface area contributed by atoms with Crippen LogP contribution < -0.4 is 5.32 Å². The molecule has 134 valence electrons. The number of anilines is 1. The molecule has 2 N–H and O–H groups in total. The van der Waals surface area contributed by atoms with E-state index in [1.54, 1.807) is 72.9 Å². The minimum absolute atomic E-state index is 0.222. The van der Waals surface area contributed by atoms with Crippen molar-refractivity contribution in [3.63, 3.8) is 0 Å². The van der Waals surface area contributed by atoms with Gasteiger partial charge in [0.05, 0.1) is 17.6 Å². The van der Waals surface area contributed by atoms with Gasteiger partial charge in [0.15, 0.2) is 11.5 Å². The quantitative estimate of drug-likeness (QED) is 0.354. The second kappa shape index (κ2) is 8.73. The Morgan fingerprint density at radius 1 is 1.00 bits per heavy atom. The first-order chi connectivity index (χ1) is 13.1. The lowest BCUT2D eigenvalue weighted by atomic mass is 10.1. The second-order valence-corrected chi connectivity index (χ2v) is 5.87. The van der Waals surface area contributed by atoms with Crippen LogP contribution in [-0.4, -0.2) is 16.0 Å². The maximum absolute atomic E-state index is 12.7. The van der Waals surface area contributed by atoms with Crippen molar-refractivity contribution in [2.24, 2.45) is 10.2 Å². The van der Waals surface area contributed by atoms with Gasteiger partial charge in [-0.2, -0.15) is 5.11 Å². The van der Waals surface area contributed by atoms with E-state index in [0.717, 1.165) is 0 Å². The lowest BCUT2D eigenvalue weighted by molar-refractivity contribution is -0.112. The summed E-state index contributed by atoms with van der Waals surface area (Å²) in [5, 5.41) is 21.8. The molecule has 0 unspecified atom stereocenters. The number of nitrogens with one attached hydrogen (secondary N) is 1. The average molecular weight is 379 g/mol. The average Bonchev–Trinajstić information content (AvgIpc) is 2.71. The number of carbonyl (C=O) groups excluding carboxylic acids is 1. The van der Waals surface area contributed by atoms with Gasteiger partial charge in [0.2, 0.25) is 0 Å². The van der Waals surface area contributed by atoms with Crippen LogP contribution in [0.25, 0.3) is 5.76 Å². The van der Waals surface area contributed by atoms with Crippen molar-refractivity contribution in [2.75, 3.05) is 5.32 Å². The zero-order valence-electron chi connectivity index (χ0n) is 14.1. The molecule has 0 aliphatic heterocycles. The summed E-state index contributed by atoms with van der Waals surface area (Å²) in [6.07, 6.45) is 3.08. The van der Waals surface area contributed by atoms with Gasteiger partial charge in [-0.1, -0.05) is 41.9 Å². The molecule has 1 heterocycles. The predicted molar refractivity (Wildman–Crippen MR) is 105 cm³/mol. The number of halogens is 1. The molecule has 0 saturated heterocycles. The maximum Gasteiger partial charge on any atom is 0.280 e. The number of amides is 1. The molecule has 0 aliphatic carbocycles. The van der Waals surface area contributed by atoms with Crippen molar-refractivity contribution in [2.45, 2.75) is 0 Å². The van der Waals surface area contributed by atoms with E-state index >= 15 is 0 Å². The van der Waals surface area contributed by atoms with Crippen molar-refractivity contribution < 1.29 is 9.90 Å². The van der Waals surface area contributed by atoms with Gasteiger partial charge in [0.1, 0.15) is 0 Å². The summed E-state index contributed by atoms with van der Waals surface area (Å²) in [5.74, 6) is -0.892. The number of carbonyl (C=O) groups is 1. The molecule has 2 aromatic carbocycles. The SMILES string of the molecule is O=C(Nc1cccnc1)/C(N=Nc1ccc(Cl)cc1)=C(/O)c1ccccc1. The van der Waals surface area contributed by atoms with Crippen LogP contribution in [0.15, 0.2) is 95.0 Å². The molecule has 3 rings (SSSR count). The molecule has 0 bridgehead atoms. The zero-order chi connectivity index (χ0) is 19.1. The summed E-state index contributed by atoms with van der Waals surface area (Å²) in [6, 6.07) is 18.6. The Kier molecular flexibility index (Phi) is 5.91. The van der Waals surface area contributed by atoms with E-state index in [2.05, 4.69) is 20.5 Å². The summed E-state index contributed by atoms with van der Waals surface area (Å²) in [5.41, 5.74) is 1.19. The van der Waals surface area contributed by atoms with Crippen LogP contribution >= 0.6 is 11.6 Å². The third kappa shape index (κ3) is 4.99. The van der Waals surface area contributed by atoms with E-state index in [-0.39, 0.29) is 11.5 Å². The van der Waals surface area contributed by atoms with E-state index < -0.39 is 5.91 Å².